The number of amides is 2. The van der Waals surface area contributed by atoms with E-state index in [1.807, 2.05) is 13.8 Å². The lowest BCUT2D eigenvalue weighted by atomic mass is 10.1. The van der Waals surface area contributed by atoms with Crippen molar-refractivity contribution >= 4 is 17.5 Å². The van der Waals surface area contributed by atoms with E-state index in [1.54, 1.807) is 0 Å². The molecule has 5 nitrogen and oxygen atoms in total. The first kappa shape index (κ1) is 18.1. The predicted molar refractivity (Wildman–Crippen MR) is 81.5 cm³/mol. The summed E-state index contributed by atoms with van der Waals surface area (Å²) in [5.41, 5.74) is 0.308. The van der Waals surface area contributed by atoms with Crippen LogP contribution in [0.4, 0.5) is 18.9 Å². The molecule has 1 heterocycles. The van der Waals surface area contributed by atoms with Crippen molar-refractivity contribution in [1.82, 2.24) is 5.32 Å². The molecule has 0 saturated carbocycles. The number of nitrogens with one attached hydrogen (secondary N) is 1. The smallest absolute Gasteiger partial charge is 0.406 e. The molecule has 0 aliphatic carbocycles. The van der Waals surface area contributed by atoms with Crippen LogP contribution in [0.3, 0.4) is 0 Å². The molecule has 1 aromatic carbocycles. The minimum atomic E-state index is -4.79. The number of alkyl halides is 3. The summed E-state index contributed by atoms with van der Waals surface area (Å²) >= 11 is 0. The maximum Gasteiger partial charge on any atom is 0.573 e. The highest BCUT2D eigenvalue weighted by atomic mass is 19.4. The fourth-order valence-corrected chi connectivity index (χ4v) is 2.54. The molecule has 1 aliphatic heterocycles. The van der Waals surface area contributed by atoms with Gasteiger partial charge in [0.25, 0.3) is 0 Å². The Labute approximate surface area is 137 Å². The molecule has 24 heavy (non-hydrogen) atoms. The lowest BCUT2D eigenvalue weighted by molar-refractivity contribution is -0.274. The van der Waals surface area contributed by atoms with Crippen LogP contribution in [0.25, 0.3) is 0 Å². The highest BCUT2D eigenvalue weighted by molar-refractivity contribution is 6.01. The van der Waals surface area contributed by atoms with Gasteiger partial charge in [0.2, 0.25) is 11.8 Å². The third kappa shape index (κ3) is 4.87. The number of anilines is 1. The van der Waals surface area contributed by atoms with Crippen LogP contribution in [0.5, 0.6) is 5.75 Å². The maximum atomic E-state index is 12.4. The van der Waals surface area contributed by atoms with Gasteiger partial charge in [0.15, 0.2) is 0 Å². The lowest BCUT2D eigenvalue weighted by Crippen LogP contribution is -2.41. The van der Waals surface area contributed by atoms with Gasteiger partial charge in [-0.15, -0.1) is 13.2 Å². The summed E-state index contributed by atoms with van der Waals surface area (Å²) in [5, 5.41) is 2.67. The number of nitrogens with zero attached hydrogens (tertiary/aromatic N) is 1. The Morgan fingerprint density at radius 2 is 2.12 bits per heavy atom. The number of carbonyl (C=O) groups excluding carboxylic acids is 2. The topological polar surface area (TPSA) is 58.6 Å². The number of hydrogen-bond donors (Lipinski definition) is 1. The molecule has 1 N–H and O–H groups in total. The summed E-state index contributed by atoms with van der Waals surface area (Å²) < 4.78 is 40.7. The number of ether oxygens (including phenoxy) is 1. The van der Waals surface area contributed by atoms with Gasteiger partial charge in [0.05, 0.1) is 0 Å². The van der Waals surface area contributed by atoms with E-state index < -0.39 is 12.4 Å². The zero-order valence-electron chi connectivity index (χ0n) is 13.4. The summed E-state index contributed by atoms with van der Waals surface area (Å²) in [7, 11) is 0. The van der Waals surface area contributed by atoms with Crippen molar-refractivity contribution in [1.29, 1.82) is 0 Å². The van der Waals surface area contributed by atoms with Crippen LogP contribution in [0.2, 0.25) is 0 Å². The molecule has 0 radical (unpaired) electrons. The highest BCUT2D eigenvalue weighted by Gasteiger charge is 2.35. The van der Waals surface area contributed by atoms with Crippen LogP contribution in [0, 0.1) is 5.92 Å². The summed E-state index contributed by atoms with van der Waals surface area (Å²) in [5.74, 6) is -0.760. The summed E-state index contributed by atoms with van der Waals surface area (Å²) in [6, 6.07) is 4.58. The van der Waals surface area contributed by atoms with Crippen molar-refractivity contribution in [3.8, 4) is 5.75 Å². The number of hydrogen-bond acceptors (Lipinski definition) is 3. The molecular formula is C16H19F3N2O3. The van der Waals surface area contributed by atoms with Crippen LogP contribution in [0.1, 0.15) is 26.7 Å². The van der Waals surface area contributed by atoms with Gasteiger partial charge < -0.3 is 15.0 Å². The fourth-order valence-electron chi connectivity index (χ4n) is 2.54. The SMILES string of the molecule is CC(C)CC(=O)N[C@@H]1CCN(c2cccc(OC(F)(F)F)c2)C1=O. The van der Waals surface area contributed by atoms with Gasteiger partial charge in [-0.2, -0.15) is 0 Å². The van der Waals surface area contributed by atoms with Crippen molar-refractivity contribution < 1.29 is 27.5 Å². The molecular weight excluding hydrogens is 325 g/mol. The van der Waals surface area contributed by atoms with Gasteiger partial charge in [0, 0.05) is 24.7 Å². The largest absolute Gasteiger partial charge is 0.573 e. The molecule has 132 valence electrons. The normalized spacial score (nSPS) is 18.2. The van der Waals surface area contributed by atoms with Crippen molar-refractivity contribution in [3.63, 3.8) is 0 Å². The molecule has 1 atom stereocenters. The number of benzene rings is 1. The third-order valence-electron chi connectivity index (χ3n) is 3.50. The molecule has 1 saturated heterocycles. The Kier molecular flexibility index (Phi) is 5.36. The summed E-state index contributed by atoms with van der Waals surface area (Å²) in [6.45, 7) is 4.12. The Balaban J connectivity index is 2.05. The van der Waals surface area contributed by atoms with Gasteiger partial charge in [-0.3, -0.25) is 9.59 Å². The average Bonchev–Trinajstić information content (AvgIpc) is 2.77. The monoisotopic (exact) mass is 344 g/mol. The van der Waals surface area contributed by atoms with Gasteiger partial charge in [-0.1, -0.05) is 19.9 Å². The van der Waals surface area contributed by atoms with Gasteiger partial charge in [-0.05, 0) is 24.5 Å². The first-order chi connectivity index (χ1) is 11.2. The molecule has 0 aromatic heterocycles. The number of rotatable bonds is 5. The standard InChI is InChI=1S/C16H19F3N2O3/c1-10(2)8-14(22)20-13-6-7-21(15(13)23)11-4-3-5-12(9-11)24-16(17,18)19/h3-5,9-10,13H,6-8H2,1-2H3,(H,20,22)/t13-/m1/s1. The number of halogens is 3. The van der Waals surface area contributed by atoms with E-state index >= 15 is 0 Å². The third-order valence-corrected chi connectivity index (χ3v) is 3.50. The van der Waals surface area contributed by atoms with E-state index in [2.05, 4.69) is 10.1 Å². The minimum Gasteiger partial charge on any atom is -0.406 e. The molecule has 0 bridgehead atoms. The Morgan fingerprint density at radius 3 is 2.75 bits per heavy atom. The van der Waals surface area contributed by atoms with Gasteiger partial charge in [-0.25, -0.2) is 0 Å². The van der Waals surface area contributed by atoms with Gasteiger partial charge in [0.1, 0.15) is 11.8 Å². The zero-order chi connectivity index (χ0) is 17.9. The highest BCUT2D eigenvalue weighted by Crippen LogP contribution is 2.29. The molecule has 1 aromatic rings. The van der Waals surface area contributed by atoms with E-state index in [0.717, 1.165) is 6.07 Å². The minimum absolute atomic E-state index is 0.175. The van der Waals surface area contributed by atoms with Crippen LogP contribution in [-0.2, 0) is 9.59 Å². The first-order valence-electron chi connectivity index (χ1n) is 7.62. The summed E-state index contributed by atoms with van der Waals surface area (Å²) in [6.07, 6.45) is -4.06. The molecule has 0 unspecified atom stereocenters. The van der Waals surface area contributed by atoms with Crippen LogP contribution in [0.15, 0.2) is 24.3 Å². The van der Waals surface area contributed by atoms with Gasteiger partial charge >= 0.3 is 6.36 Å². The Bertz CT molecular complexity index is 617. The number of carbonyl (C=O) groups is 2. The van der Waals surface area contributed by atoms with E-state index in [4.69, 9.17) is 0 Å². The van der Waals surface area contributed by atoms with E-state index in [0.29, 0.717) is 25.1 Å². The lowest BCUT2D eigenvalue weighted by Gasteiger charge is -2.18. The van der Waals surface area contributed by atoms with E-state index in [1.165, 1.54) is 23.1 Å². The second-order valence-electron chi connectivity index (χ2n) is 6.04. The molecule has 0 spiro atoms. The second kappa shape index (κ2) is 7.11. The van der Waals surface area contributed by atoms with Crippen molar-refractivity contribution in [3.05, 3.63) is 24.3 Å². The van der Waals surface area contributed by atoms with Crippen molar-refractivity contribution in [2.24, 2.45) is 5.92 Å². The Hall–Kier alpha value is -2.25. The molecule has 1 fully saturated rings. The van der Waals surface area contributed by atoms with Crippen LogP contribution >= 0.6 is 0 Å². The molecule has 2 rings (SSSR count). The fraction of sp³-hybridized carbons (Fsp3) is 0.500. The van der Waals surface area contributed by atoms with E-state index in [-0.39, 0.29) is 23.5 Å². The van der Waals surface area contributed by atoms with Crippen molar-refractivity contribution in [2.45, 2.75) is 39.1 Å². The summed E-state index contributed by atoms with van der Waals surface area (Å²) in [4.78, 5) is 25.5. The first-order valence-corrected chi connectivity index (χ1v) is 7.62. The van der Waals surface area contributed by atoms with Crippen molar-refractivity contribution in [2.75, 3.05) is 11.4 Å². The average molecular weight is 344 g/mol. The van der Waals surface area contributed by atoms with Crippen LogP contribution in [-0.4, -0.2) is 30.8 Å². The van der Waals surface area contributed by atoms with E-state index in [9.17, 15) is 22.8 Å². The second-order valence-corrected chi connectivity index (χ2v) is 6.04. The molecule has 2 amide bonds. The predicted octanol–water partition coefficient (Wildman–Crippen LogP) is 2.85. The quantitative estimate of drug-likeness (QED) is 0.894. The molecule has 8 heteroatoms. The Morgan fingerprint density at radius 1 is 1.42 bits per heavy atom. The van der Waals surface area contributed by atoms with Crippen LogP contribution < -0.4 is 15.0 Å². The zero-order valence-corrected chi connectivity index (χ0v) is 13.4. The maximum absolute atomic E-state index is 12.4. The molecule has 1 aliphatic rings.